The molecular weight excluding hydrogens is 438 g/mol. The quantitative estimate of drug-likeness (QED) is 0.654. The lowest BCUT2D eigenvalue weighted by atomic mass is 10.0. The number of ether oxygens (including phenoxy) is 1. The Balaban J connectivity index is 1.33. The maximum Gasteiger partial charge on any atom is 0.407 e. The molecule has 182 valence electrons. The molecule has 2 N–H and O–H groups in total. The maximum atomic E-state index is 12.8. The first kappa shape index (κ1) is 24.1. The average Bonchev–Trinajstić information content (AvgIpc) is 2.89. The smallest absolute Gasteiger partial charge is 0.407 e. The summed E-state index contributed by atoms with van der Waals surface area (Å²) >= 11 is 0. The van der Waals surface area contributed by atoms with Crippen molar-refractivity contribution in [1.29, 1.82) is 0 Å². The number of aromatic nitrogens is 2. The van der Waals surface area contributed by atoms with Gasteiger partial charge in [0, 0.05) is 49.9 Å². The predicted molar refractivity (Wildman–Crippen MR) is 124 cm³/mol. The third kappa shape index (κ3) is 5.69. The van der Waals surface area contributed by atoms with Crippen molar-refractivity contribution in [2.45, 2.75) is 31.5 Å². The van der Waals surface area contributed by atoms with Crippen molar-refractivity contribution in [2.24, 2.45) is 0 Å². The van der Waals surface area contributed by atoms with Gasteiger partial charge in [-0.3, -0.25) is 19.7 Å². The Morgan fingerprint density at radius 3 is 2.44 bits per heavy atom. The minimum atomic E-state index is -0.851. The third-order valence-corrected chi connectivity index (χ3v) is 6.53. The van der Waals surface area contributed by atoms with E-state index in [9.17, 15) is 14.7 Å². The topological polar surface area (TPSA) is 119 Å². The van der Waals surface area contributed by atoms with E-state index in [1.807, 2.05) is 19.2 Å². The van der Waals surface area contributed by atoms with Crippen molar-refractivity contribution in [1.82, 2.24) is 24.7 Å². The first-order chi connectivity index (χ1) is 16.4. The molecule has 3 heterocycles. The molecule has 1 aromatic carbocycles. The molecule has 0 saturated carbocycles. The van der Waals surface area contributed by atoms with Gasteiger partial charge >= 0.3 is 6.09 Å². The van der Waals surface area contributed by atoms with Gasteiger partial charge in [0.1, 0.15) is 0 Å². The van der Waals surface area contributed by atoms with Crippen LogP contribution in [-0.4, -0.2) is 105 Å². The number of piperidine rings is 1. The van der Waals surface area contributed by atoms with Gasteiger partial charge in [0.05, 0.1) is 43.1 Å². The van der Waals surface area contributed by atoms with Crippen LogP contribution >= 0.6 is 0 Å². The number of carbonyl (C=O) groups excluding carboxylic acids is 1. The molecule has 2 fully saturated rings. The van der Waals surface area contributed by atoms with Gasteiger partial charge in [-0.25, -0.2) is 4.79 Å². The van der Waals surface area contributed by atoms with Gasteiger partial charge in [-0.1, -0.05) is 12.1 Å². The summed E-state index contributed by atoms with van der Waals surface area (Å²) in [4.78, 5) is 38.3. The second-order valence-electron chi connectivity index (χ2n) is 8.81. The Morgan fingerprint density at radius 1 is 1.09 bits per heavy atom. The molecule has 1 atom stereocenters. The minimum Gasteiger partial charge on any atom is -0.465 e. The fourth-order valence-electron chi connectivity index (χ4n) is 4.45. The largest absolute Gasteiger partial charge is 0.465 e. The number of hydrogen-bond donors (Lipinski definition) is 2. The molecule has 4 rings (SSSR count). The molecule has 10 heteroatoms. The molecule has 1 unspecified atom stereocenters. The zero-order chi connectivity index (χ0) is 24.1. The summed E-state index contributed by atoms with van der Waals surface area (Å²) in [6, 6.07) is 7.62. The molecule has 0 spiro atoms. The number of rotatable bonds is 6. The minimum absolute atomic E-state index is 0.0769. The lowest BCUT2D eigenvalue weighted by molar-refractivity contribution is -0.0447. The number of benzene rings is 1. The van der Waals surface area contributed by atoms with Gasteiger partial charge in [-0.2, -0.15) is 0 Å². The lowest BCUT2D eigenvalue weighted by Crippen LogP contribution is -2.46. The van der Waals surface area contributed by atoms with Crippen molar-refractivity contribution >= 4 is 12.0 Å². The Hall–Kier alpha value is -3.08. The zero-order valence-corrected chi connectivity index (χ0v) is 19.3. The third-order valence-electron chi connectivity index (χ3n) is 6.53. The van der Waals surface area contributed by atoms with Gasteiger partial charge in [-0.05, 0) is 32.0 Å². The molecule has 0 radical (unpaired) electrons. The van der Waals surface area contributed by atoms with E-state index in [0.29, 0.717) is 50.9 Å². The summed E-state index contributed by atoms with van der Waals surface area (Å²) in [7, 11) is 2.03. The standard InChI is InChI=1S/C24H31N5O5/c1-27(20-6-8-28(9-7-20)24(32)33)14-19-12-26-22(13-25-19)17-2-4-18(5-3-17)23(31)29-10-11-34-21(15-29)16-30/h2-5,12-13,20-21,30H,6-11,14-16H2,1H3,(H,32,33). The number of carboxylic acid groups (broad SMARTS) is 1. The molecule has 2 aromatic rings. The Kier molecular flexibility index (Phi) is 7.71. The van der Waals surface area contributed by atoms with Crippen LogP contribution in [0.2, 0.25) is 0 Å². The molecule has 2 amide bonds. The van der Waals surface area contributed by atoms with Crippen LogP contribution in [0, 0.1) is 0 Å². The van der Waals surface area contributed by atoms with Crippen molar-refractivity contribution in [3.8, 4) is 11.3 Å². The molecule has 34 heavy (non-hydrogen) atoms. The monoisotopic (exact) mass is 469 g/mol. The van der Waals surface area contributed by atoms with Crippen LogP contribution in [0.4, 0.5) is 4.79 Å². The van der Waals surface area contributed by atoms with Crippen LogP contribution in [0.3, 0.4) is 0 Å². The fourth-order valence-corrected chi connectivity index (χ4v) is 4.45. The Morgan fingerprint density at radius 2 is 1.82 bits per heavy atom. The van der Waals surface area contributed by atoms with E-state index in [1.165, 1.54) is 4.90 Å². The molecule has 10 nitrogen and oxygen atoms in total. The number of morpholine rings is 1. The van der Waals surface area contributed by atoms with E-state index in [1.54, 1.807) is 29.4 Å². The number of hydrogen-bond acceptors (Lipinski definition) is 7. The average molecular weight is 470 g/mol. The highest BCUT2D eigenvalue weighted by atomic mass is 16.5. The number of carbonyl (C=O) groups is 2. The van der Waals surface area contributed by atoms with Crippen LogP contribution < -0.4 is 0 Å². The normalized spacial score (nSPS) is 19.4. The Labute approximate surface area is 198 Å². The zero-order valence-electron chi connectivity index (χ0n) is 19.3. The van der Waals surface area contributed by atoms with Crippen LogP contribution in [-0.2, 0) is 11.3 Å². The van der Waals surface area contributed by atoms with Crippen LogP contribution in [0.25, 0.3) is 11.3 Å². The highest BCUT2D eigenvalue weighted by Gasteiger charge is 2.26. The predicted octanol–water partition coefficient (Wildman–Crippen LogP) is 1.55. The van der Waals surface area contributed by atoms with E-state index < -0.39 is 6.09 Å². The summed E-state index contributed by atoms with van der Waals surface area (Å²) in [5.41, 5.74) is 3.04. The van der Waals surface area contributed by atoms with Crippen molar-refractivity contribution in [2.75, 3.05) is 46.4 Å². The van der Waals surface area contributed by atoms with E-state index in [4.69, 9.17) is 9.84 Å². The van der Waals surface area contributed by atoms with Gasteiger partial charge in [-0.15, -0.1) is 0 Å². The van der Waals surface area contributed by atoms with Crippen molar-refractivity contribution in [3.63, 3.8) is 0 Å². The summed E-state index contributed by atoms with van der Waals surface area (Å²) in [5, 5.41) is 18.4. The second kappa shape index (κ2) is 10.9. The molecule has 2 aliphatic rings. The lowest BCUT2D eigenvalue weighted by Gasteiger charge is -2.35. The van der Waals surface area contributed by atoms with Crippen LogP contribution in [0.5, 0.6) is 0 Å². The van der Waals surface area contributed by atoms with Crippen molar-refractivity contribution < 1.29 is 24.5 Å². The Bertz CT molecular complexity index is 976. The van der Waals surface area contributed by atoms with E-state index >= 15 is 0 Å². The van der Waals surface area contributed by atoms with Crippen LogP contribution in [0.1, 0.15) is 28.9 Å². The maximum absolute atomic E-state index is 12.8. The van der Waals surface area contributed by atoms with E-state index in [0.717, 1.165) is 29.8 Å². The van der Waals surface area contributed by atoms with Crippen molar-refractivity contribution in [3.05, 3.63) is 47.9 Å². The molecule has 0 bridgehead atoms. The van der Waals surface area contributed by atoms with Gasteiger partial charge in [0.15, 0.2) is 0 Å². The number of aliphatic hydroxyl groups is 1. The first-order valence-electron chi connectivity index (χ1n) is 11.6. The van der Waals surface area contributed by atoms with Gasteiger partial charge < -0.3 is 24.7 Å². The second-order valence-corrected chi connectivity index (χ2v) is 8.81. The number of aliphatic hydroxyl groups excluding tert-OH is 1. The van der Waals surface area contributed by atoms with Gasteiger partial charge in [0.2, 0.25) is 0 Å². The molecule has 1 aromatic heterocycles. The van der Waals surface area contributed by atoms with Gasteiger partial charge in [0.25, 0.3) is 5.91 Å². The molecule has 2 aliphatic heterocycles. The highest BCUT2D eigenvalue weighted by molar-refractivity contribution is 5.94. The van der Waals surface area contributed by atoms with E-state index in [2.05, 4.69) is 14.9 Å². The highest BCUT2D eigenvalue weighted by Crippen LogP contribution is 2.20. The molecule has 2 saturated heterocycles. The summed E-state index contributed by atoms with van der Waals surface area (Å²) in [6.45, 7) is 2.98. The fraction of sp³-hybridized carbons (Fsp3) is 0.500. The summed E-state index contributed by atoms with van der Waals surface area (Å²) < 4.78 is 5.42. The SMILES string of the molecule is CN(Cc1cnc(-c2ccc(C(=O)N3CCOC(CO)C3)cc2)cn1)C1CCN(C(=O)O)CC1. The number of nitrogens with zero attached hydrogens (tertiary/aromatic N) is 5. The summed E-state index contributed by atoms with van der Waals surface area (Å²) in [5.74, 6) is -0.0769. The number of likely N-dealkylation sites (tertiary alicyclic amines) is 1. The number of amides is 2. The van der Waals surface area contributed by atoms with Crippen LogP contribution in [0.15, 0.2) is 36.7 Å². The first-order valence-corrected chi connectivity index (χ1v) is 11.6. The molecule has 0 aliphatic carbocycles. The summed E-state index contributed by atoms with van der Waals surface area (Å²) in [6.07, 6.45) is 3.94. The molecular formula is C24H31N5O5. The van der Waals surface area contributed by atoms with E-state index in [-0.39, 0.29) is 18.6 Å².